The number of thiophene rings is 1. The molecule has 21 heavy (non-hydrogen) atoms. The summed E-state index contributed by atoms with van der Waals surface area (Å²) in [7, 11) is 0. The van der Waals surface area contributed by atoms with E-state index in [9.17, 15) is 9.90 Å². The average Bonchev–Trinajstić information content (AvgIpc) is 2.86. The summed E-state index contributed by atoms with van der Waals surface area (Å²) in [6, 6.07) is 15.6. The molecular formula is C17H14O3S. The Balaban J connectivity index is 1.93. The van der Waals surface area contributed by atoms with Crippen LogP contribution in [-0.4, -0.2) is 11.1 Å². The lowest BCUT2D eigenvalue weighted by molar-refractivity contribution is 0.0698. The molecule has 0 bridgehead atoms. The minimum Gasteiger partial charge on any atom is -0.486 e. The number of carbonyl (C=O) groups is 1. The highest BCUT2D eigenvalue weighted by Gasteiger charge is 2.18. The normalized spacial score (nSPS) is 10.7. The number of carboxylic acids is 1. The van der Waals surface area contributed by atoms with E-state index in [0.717, 1.165) is 15.6 Å². The maximum absolute atomic E-state index is 11.4. The van der Waals surface area contributed by atoms with Crippen LogP contribution in [0.2, 0.25) is 0 Å². The first-order valence-corrected chi connectivity index (χ1v) is 7.40. The molecule has 0 aliphatic carbocycles. The first-order valence-electron chi connectivity index (χ1n) is 6.58. The van der Waals surface area contributed by atoms with E-state index in [0.29, 0.717) is 12.4 Å². The van der Waals surface area contributed by atoms with Crippen molar-refractivity contribution in [3.05, 3.63) is 64.5 Å². The fraction of sp³-hybridized carbons (Fsp3) is 0.118. The van der Waals surface area contributed by atoms with E-state index < -0.39 is 5.97 Å². The van der Waals surface area contributed by atoms with Gasteiger partial charge in [-0.15, -0.1) is 11.3 Å². The predicted molar refractivity (Wildman–Crippen MR) is 84.3 cm³/mol. The maximum atomic E-state index is 11.4. The Bertz CT molecular complexity index is 787. The van der Waals surface area contributed by atoms with Gasteiger partial charge in [0.1, 0.15) is 6.61 Å². The average molecular weight is 298 g/mol. The van der Waals surface area contributed by atoms with Gasteiger partial charge >= 0.3 is 5.97 Å². The summed E-state index contributed by atoms with van der Waals surface area (Å²) in [5, 5.41) is 10.2. The highest BCUT2D eigenvalue weighted by molar-refractivity contribution is 7.21. The molecule has 0 atom stereocenters. The highest BCUT2D eigenvalue weighted by Crippen LogP contribution is 2.38. The van der Waals surface area contributed by atoms with Crippen molar-refractivity contribution >= 4 is 27.4 Å². The summed E-state index contributed by atoms with van der Waals surface area (Å²) in [5.74, 6) is -0.487. The SMILES string of the molecule is Cc1ccc(COc2c(C(=O)O)sc3ccccc23)cc1. The highest BCUT2D eigenvalue weighted by atomic mass is 32.1. The van der Waals surface area contributed by atoms with Crippen molar-refractivity contribution in [3.8, 4) is 5.75 Å². The van der Waals surface area contributed by atoms with Gasteiger partial charge in [-0.1, -0.05) is 42.0 Å². The largest absolute Gasteiger partial charge is 0.486 e. The molecule has 0 amide bonds. The van der Waals surface area contributed by atoms with E-state index in [1.807, 2.05) is 55.5 Å². The first-order chi connectivity index (χ1) is 10.1. The van der Waals surface area contributed by atoms with Gasteiger partial charge in [-0.25, -0.2) is 4.79 Å². The van der Waals surface area contributed by atoms with Gasteiger partial charge in [0.15, 0.2) is 10.6 Å². The van der Waals surface area contributed by atoms with Crippen LogP contribution in [-0.2, 0) is 6.61 Å². The van der Waals surface area contributed by atoms with E-state index >= 15 is 0 Å². The second kappa shape index (κ2) is 5.58. The Morgan fingerprint density at radius 2 is 1.86 bits per heavy atom. The molecule has 0 saturated heterocycles. The van der Waals surface area contributed by atoms with Crippen LogP contribution in [0, 0.1) is 6.92 Å². The molecule has 0 aliphatic rings. The van der Waals surface area contributed by atoms with E-state index in [4.69, 9.17) is 4.74 Å². The predicted octanol–water partition coefficient (Wildman–Crippen LogP) is 4.49. The zero-order valence-corrected chi connectivity index (χ0v) is 12.3. The number of aryl methyl sites for hydroxylation is 1. The number of fused-ring (bicyclic) bond motifs is 1. The van der Waals surface area contributed by atoms with Crippen molar-refractivity contribution in [3.63, 3.8) is 0 Å². The van der Waals surface area contributed by atoms with Crippen molar-refractivity contribution in [2.75, 3.05) is 0 Å². The van der Waals surface area contributed by atoms with Crippen molar-refractivity contribution in [1.82, 2.24) is 0 Å². The molecule has 1 N–H and O–H groups in total. The zero-order valence-electron chi connectivity index (χ0n) is 11.5. The number of benzene rings is 2. The van der Waals surface area contributed by atoms with Crippen LogP contribution in [0.1, 0.15) is 20.8 Å². The summed E-state index contributed by atoms with van der Waals surface area (Å²) in [6.45, 7) is 2.39. The van der Waals surface area contributed by atoms with Crippen molar-refractivity contribution in [2.45, 2.75) is 13.5 Å². The Morgan fingerprint density at radius 1 is 1.14 bits per heavy atom. The molecule has 106 valence electrons. The molecule has 0 saturated carbocycles. The Labute approximate surface area is 126 Å². The molecule has 3 nitrogen and oxygen atoms in total. The molecule has 1 aromatic heterocycles. The molecular weight excluding hydrogens is 284 g/mol. The molecule has 0 aliphatic heterocycles. The minimum absolute atomic E-state index is 0.253. The van der Waals surface area contributed by atoms with Crippen LogP contribution in [0.25, 0.3) is 10.1 Å². The van der Waals surface area contributed by atoms with Crippen LogP contribution in [0.3, 0.4) is 0 Å². The fourth-order valence-electron chi connectivity index (χ4n) is 2.15. The third-order valence-corrected chi connectivity index (χ3v) is 4.39. The van der Waals surface area contributed by atoms with Crippen molar-refractivity contribution in [1.29, 1.82) is 0 Å². The van der Waals surface area contributed by atoms with E-state index in [1.165, 1.54) is 16.9 Å². The summed E-state index contributed by atoms with van der Waals surface area (Å²) in [4.78, 5) is 11.6. The van der Waals surface area contributed by atoms with Crippen LogP contribution in [0.4, 0.5) is 0 Å². The second-order valence-electron chi connectivity index (χ2n) is 4.84. The number of hydrogen-bond acceptors (Lipinski definition) is 3. The minimum atomic E-state index is -0.949. The van der Waals surface area contributed by atoms with Crippen LogP contribution < -0.4 is 4.74 Å². The van der Waals surface area contributed by atoms with Gasteiger partial charge in [-0.2, -0.15) is 0 Å². The van der Waals surface area contributed by atoms with Gasteiger partial charge < -0.3 is 9.84 Å². The monoisotopic (exact) mass is 298 g/mol. The molecule has 0 unspecified atom stereocenters. The van der Waals surface area contributed by atoms with E-state index in [2.05, 4.69) is 0 Å². The van der Waals surface area contributed by atoms with Gasteiger partial charge in [0, 0.05) is 10.1 Å². The number of aromatic carboxylic acids is 1. The van der Waals surface area contributed by atoms with Gasteiger partial charge in [-0.3, -0.25) is 0 Å². The third kappa shape index (κ3) is 2.76. The van der Waals surface area contributed by atoms with Crippen molar-refractivity contribution in [2.24, 2.45) is 0 Å². The number of hydrogen-bond donors (Lipinski definition) is 1. The molecule has 3 aromatic rings. The van der Waals surface area contributed by atoms with Crippen LogP contribution >= 0.6 is 11.3 Å². The first kappa shape index (κ1) is 13.6. The van der Waals surface area contributed by atoms with Gasteiger partial charge in [0.05, 0.1) is 0 Å². The molecule has 0 fully saturated rings. The van der Waals surface area contributed by atoms with Gasteiger partial charge in [0.2, 0.25) is 0 Å². The topological polar surface area (TPSA) is 46.5 Å². The lowest BCUT2D eigenvalue weighted by Crippen LogP contribution is -2.00. The molecule has 1 heterocycles. The zero-order chi connectivity index (χ0) is 14.8. The van der Waals surface area contributed by atoms with E-state index in [1.54, 1.807) is 0 Å². The Hall–Kier alpha value is -2.33. The van der Waals surface area contributed by atoms with E-state index in [-0.39, 0.29) is 4.88 Å². The van der Waals surface area contributed by atoms with Crippen LogP contribution in [0.5, 0.6) is 5.75 Å². The smallest absolute Gasteiger partial charge is 0.349 e. The summed E-state index contributed by atoms with van der Waals surface area (Å²) in [5.41, 5.74) is 2.21. The second-order valence-corrected chi connectivity index (χ2v) is 5.89. The molecule has 0 spiro atoms. The molecule has 0 radical (unpaired) electrons. The molecule has 2 aromatic carbocycles. The lowest BCUT2D eigenvalue weighted by atomic mass is 10.2. The number of ether oxygens (including phenoxy) is 1. The maximum Gasteiger partial charge on any atom is 0.349 e. The molecule has 3 rings (SSSR count). The Kier molecular flexibility index (Phi) is 3.62. The van der Waals surface area contributed by atoms with Crippen LogP contribution in [0.15, 0.2) is 48.5 Å². The number of carboxylic acid groups (broad SMARTS) is 1. The molecule has 4 heteroatoms. The lowest BCUT2D eigenvalue weighted by Gasteiger charge is -2.07. The number of rotatable bonds is 4. The summed E-state index contributed by atoms with van der Waals surface area (Å²) in [6.07, 6.45) is 0. The van der Waals surface area contributed by atoms with Gasteiger partial charge in [-0.05, 0) is 24.6 Å². The summed E-state index contributed by atoms with van der Waals surface area (Å²) < 4.78 is 6.73. The quantitative estimate of drug-likeness (QED) is 0.772. The standard InChI is InChI=1S/C17H14O3S/c1-11-6-8-12(9-7-11)10-20-15-13-4-2-3-5-14(13)21-16(15)17(18)19/h2-9H,10H2,1H3,(H,18,19). The fourth-order valence-corrected chi connectivity index (χ4v) is 3.13. The van der Waals surface area contributed by atoms with Gasteiger partial charge in [0.25, 0.3) is 0 Å². The summed E-state index contributed by atoms with van der Waals surface area (Å²) >= 11 is 1.25. The third-order valence-electron chi connectivity index (χ3n) is 3.25. The van der Waals surface area contributed by atoms with Crippen molar-refractivity contribution < 1.29 is 14.6 Å². The Morgan fingerprint density at radius 3 is 2.57 bits per heavy atom.